The normalized spacial score (nSPS) is 16.6. The molecule has 2 rings (SSSR count). The molecular formula is C17H25Cl2N3O3S. The summed E-state index contributed by atoms with van der Waals surface area (Å²) < 4.78 is 26.8. The molecule has 1 aliphatic rings. The van der Waals surface area contributed by atoms with Crippen LogP contribution in [0.3, 0.4) is 0 Å². The SMILES string of the molecule is CCCCCNC(=O)CN1CCN(S(=O)(=O)c2ccc(Cl)c(Cl)c2)CC1. The van der Waals surface area contributed by atoms with Gasteiger partial charge >= 0.3 is 0 Å². The molecule has 1 amide bonds. The third-order valence-electron chi connectivity index (χ3n) is 4.33. The molecule has 0 saturated carbocycles. The van der Waals surface area contributed by atoms with E-state index in [0.717, 1.165) is 19.3 Å². The second-order valence-corrected chi connectivity index (χ2v) is 9.07. The van der Waals surface area contributed by atoms with Crippen LogP contribution in [0.25, 0.3) is 0 Å². The summed E-state index contributed by atoms with van der Waals surface area (Å²) in [5.74, 6) is -0.0121. The summed E-state index contributed by atoms with van der Waals surface area (Å²) in [5, 5.41) is 3.44. The smallest absolute Gasteiger partial charge is 0.243 e. The quantitative estimate of drug-likeness (QED) is 0.654. The van der Waals surface area contributed by atoms with Crippen LogP contribution in [0.4, 0.5) is 0 Å². The average molecular weight is 422 g/mol. The molecule has 0 bridgehead atoms. The van der Waals surface area contributed by atoms with Crippen molar-refractivity contribution in [2.45, 2.75) is 31.1 Å². The van der Waals surface area contributed by atoms with Crippen LogP contribution in [0.15, 0.2) is 23.1 Å². The fourth-order valence-corrected chi connectivity index (χ4v) is 4.59. The number of amides is 1. The highest BCUT2D eigenvalue weighted by atomic mass is 35.5. The molecule has 0 aromatic heterocycles. The number of piperazine rings is 1. The fraction of sp³-hybridized carbons (Fsp3) is 0.588. The molecule has 1 fully saturated rings. The monoisotopic (exact) mass is 421 g/mol. The Kier molecular flexibility index (Phi) is 8.16. The van der Waals surface area contributed by atoms with E-state index in [4.69, 9.17) is 23.2 Å². The number of hydrogen-bond donors (Lipinski definition) is 1. The molecule has 0 unspecified atom stereocenters. The molecule has 0 radical (unpaired) electrons. The van der Waals surface area contributed by atoms with Gasteiger partial charge in [-0.25, -0.2) is 8.42 Å². The highest BCUT2D eigenvalue weighted by Gasteiger charge is 2.29. The van der Waals surface area contributed by atoms with Gasteiger partial charge in [-0.05, 0) is 24.6 Å². The largest absolute Gasteiger partial charge is 0.355 e. The molecule has 26 heavy (non-hydrogen) atoms. The number of unbranched alkanes of at least 4 members (excludes halogenated alkanes) is 2. The zero-order valence-corrected chi connectivity index (χ0v) is 17.2. The first-order chi connectivity index (χ1) is 12.3. The van der Waals surface area contributed by atoms with Gasteiger partial charge in [0.1, 0.15) is 0 Å². The van der Waals surface area contributed by atoms with E-state index in [2.05, 4.69) is 12.2 Å². The Morgan fingerprint density at radius 2 is 1.81 bits per heavy atom. The maximum atomic E-state index is 12.7. The number of sulfonamides is 1. The predicted octanol–water partition coefficient (Wildman–Crippen LogP) is 2.61. The van der Waals surface area contributed by atoms with E-state index in [1.165, 1.54) is 22.5 Å². The van der Waals surface area contributed by atoms with Crippen LogP contribution in [-0.4, -0.2) is 62.8 Å². The van der Waals surface area contributed by atoms with Gasteiger partial charge in [0.05, 0.1) is 21.5 Å². The van der Waals surface area contributed by atoms with Crippen molar-refractivity contribution in [1.82, 2.24) is 14.5 Å². The average Bonchev–Trinajstić information content (AvgIpc) is 2.61. The minimum Gasteiger partial charge on any atom is -0.355 e. The van der Waals surface area contributed by atoms with Gasteiger partial charge < -0.3 is 5.32 Å². The van der Waals surface area contributed by atoms with E-state index in [0.29, 0.717) is 44.3 Å². The summed E-state index contributed by atoms with van der Waals surface area (Å²) in [6.07, 6.45) is 3.20. The predicted molar refractivity (Wildman–Crippen MR) is 104 cm³/mol. The fourth-order valence-electron chi connectivity index (χ4n) is 2.78. The van der Waals surface area contributed by atoms with Gasteiger partial charge in [0.15, 0.2) is 0 Å². The molecular weight excluding hydrogens is 397 g/mol. The van der Waals surface area contributed by atoms with Gasteiger partial charge in [0, 0.05) is 32.7 Å². The van der Waals surface area contributed by atoms with Crippen LogP contribution in [0, 0.1) is 0 Å². The lowest BCUT2D eigenvalue weighted by molar-refractivity contribution is -0.122. The van der Waals surface area contributed by atoms with Crippen LogP contribution >= 0.6 is 23.2 Å². The van der Waals surface area contributed by atoms with Gasteiger partial charge in [-0.2, -0.15) is 4.31 Å². The maximum Gasteiger partial charge on any atom is 0.243 e. The molecule has 1 aliphatic heterocycles. The van der Waals surface area contributed by atoms with Crippen LogP contribution in [0.2, 0.25) is 10.0 Å². The molecule has 0 atom stereocenters. The number of nitrogens with zero attached hydrogens (tertiary/aromatic N) is 2. The Bertz CT molecular complexity index is 720. The third kappa shape index (κ3) is 5.82. The summed E-state index contributed by atoms with van der Waals surface area (Å²) >= 11 is 11.8. The van der Waals surface area contributed by atoms with Crippen molar-refractivity contribution >= 4 is 39.1 Å². The zero-order valence-electron chi connectivity index (χ0n) is 14.9. The summed E-state index contributed by atoms with van der Waals surface area (Å²) in [5.41, 5.74) is 0. The molecule has 9 heteroatoms. The summed E-state index contributed by atoms with van der Waals surface area (Å²) in [4.78, 5) is 14.0. The van der Waals surface area contributed by atoms with E-state index >= 15 is 0 Å². The van der Waals surface area contributed by atoms with Crippen molar-refractivity contribution in [2.24, 2.45) is 0 Å². The van der Waals surface area contributed by atoms with Gasteiger partial charge in [-0.1, -0.05) is 43.0 Å². The van der Waals surface area contributed by atoms with E-state index in [1.54, 1.807) is 0 Å². The number of hydrogen-bond acceptors (Lipinski definition) is 4. The maximum absolute atomic E-state index is 12.7. The lowest BCUT2D eigenvalue weighted by Crippen LogP contribution is -2.51. The van der Waals surface area contributed by atoms with E-state index < -0.39 is 10.0 Å². The second-order valence-electron chi connectivity index (χ2n) is 6.31. The number of carbonyl (C=O) groups excluding carboxylic acids is 1. The summed E-state index contributed by atoms with van der Waals surface area (Å²) in [7, 11) is -3.61. The van der Waals surface area contributed by atoms with Crippen molar-refractivity contribution in [3.05, 3.63) is 28.2 Å². The molecule has 1 aromatic rings. The molecule has 0 spiro atoms. The molecule has 0 aliphatic carbocycles. The summed E-state index contributed by atoms with van der Waals surface area (Å²) in [6, 6.07) is 4.31. The van der Waals surface area contributed by atoms with Crippen molar-refractivity contribution in [3.63, 3.8) is 0 Å². The van der Waals surface area contributed by atoms with Crippen molar-refractivity contribution in [3.8, 4) is 0 Å². The van der Waals surface area contributed by atoms with Gasteiger partial charge in [0.2, 0.25) is 15.9 Å². The number of carbonyl (C=O) groups is 1. The highest BCUT2D eigenvalue weighted by molar-refractivity contribution is 7.89. The zero-order chi connectivity index (χ0) is 19.2. The Hall–Kier alpha value is -0.860. The first kappa shape index (κ1) is 21.4. The number of halogens is 2. The minimum absolute atomic E-state index is 0.0121. The standard InChI is InChI=1S/C17H25Cl2N3O3S/c1-2-3-4-7-20-17(23)13-21-8-10-22(11-9-21)26(24,25)14-5-6-15(18)16(19)12-14/h5-6,12H,2-4,7-11,13H2,1H3,(H,20,23). The number of rotatable bonds is 8. The Labute approximate surface area is 165 Å². The van der Waals surface area contributed by atoms with Crippen LogP contribution in [0.5, 0.6) is 0 Å². The molecule has 1 aromatic carbocycles. The topological polar surface area (TPSA) is 69.7 Å². The molecule has 6 nitrogen and oxygen atoms in total. The third-order valence-corrected chi connectivity index (χ3v) is 6.96. The highest BCUT2D eigenvalue weighted by Crippen LogP contribution is 2.26. The Balaban J connectivity index is 1.85. The molecule has 146 valence electrons. The van der Waals surface area contributed by atoms with E-state index in [-0.39, 0.29) is 15.8 Å². The molecule has 1 saturated heterocycles. The van der Waals surface area contributed by atoms with Gasteiger partial charge in [-0.3, -0.25) is 9.69 Å². The molecule has 1 heterocycles. The number of benzene rings is 1. The van der Waals surface area contributed by atoms with Crippen LogP contribution in [0.1, 0.15) is 26.2 Å². The van der Waals surface area contributed by atoms with Crippen LogP contribution in [-0.2, 0) is 14.8 Å². The minimum atomic E-state index is -3.61. The van der Waals surface area contributed by atoms with Crippen molar-refractivity contribution in [2.75, 3.05) is 39.3 Å². The number of nitrogens with one attached hydrogen (secondary N) is 1. The summed E-state index contributed by atoms with van der Waals surface area (Å²) in [6.45, 7) is 4.82. The van der Waals surface area contributed by atoms with Crippen molar-refractivity contribution < 1.29 is 13.2 Å². The van der Waals surface area contributed by atoms with Gasteiger partial charge in [-0.15, -0.1) is 0 Å². The first-order valence-electron chi connectivity index (χ1n) is 8.79. The lowest BCUT2D eigenvalue weighted by Gasteiger charge is -2.33. The Morgan fingerprint density at radius 1 is 1.12 bits per heavy atom. The lowest BCUT2D eigenvalue weighted by atomic mass is 10.2. The van der Waals surface area contributed by atoms with E-state index in [9.17, 15) is 13.2 Å². The van der Waals surface area contributed by atoms with Gasteiger partial charge in [0.25, 0.3) is 0 Å². The molecule has 1 N–H and O–H groups in total. The van der Waals surface area contributed by atoms with E-state index in [1.807, 2.05) is 4.90 Å². The second kappa shape index (κ2) is 9.90. The Morgan fingerprint density at radius 3 is 2.42 bits per heavy atom. The van der Waals surface area contributed by atoms with Crippen LogP contribution < -0.4 is 5.32 Å². The first-order valence-corrected chi connectivity index (χ1v) is 11.0. The van der Waals surface area contributed by atoms with Crippen molar-refractivity contribution in [1.29, 1.82) is 0 Å².